The van der Waals surface area contributed by atoms with Crippen LogP contribution >= 0.6 is 0 Å². The number of nitrogens with zero attached hydrogens (tertiary/aromatic N) is 3. The first-order valence-corrected chi connectivity index (χ1v) is 8.50. The van der Waals surface area contributed by atoms with Crippen molar-refractivity contribution in [3.05, 3.63) is 35.2 Å². The number of aromatic nitrogens is 2. The Kier molecular flexibility index (Phi) is 4.67. The van der Waals surface area contributed by atoms with E-state index in [0.29, 0.717) is 30.6 Å². The largest absolute Gasteiger partial charge is 0.355 e. The van der Waals surface area contributed by atoms with Crippen molar-refractivity contribution < 1.29 is 9.59 Å². The zero-order valence-corrected chi connectivity index (χ0v) is 14.7. The van der Waals surface area contributed by atoms with Gasteiger partial charge in [-0.05, 0) is 45.4 Å². The van der Waals surface area contributed by atoms with Crippen molar-refractivity contribution in [1.29, 1.82) is 0 Å². The normalized spacial score (nSPS) is 20.1. The Bertz CT molecular complexity index is 836. The van der Waals surface area contributed by atoms with Gasteiger partial charge < -0.3 is 16.0 Å². The number of nitrogens with two attached hydrogens (primary N) is 1. The molecule has 3 N–H and O–H groups in total. The number of carbonyl (C=O) groups excluding carboxylic acids is 2. The van der Waals surface area contributed by atoms with E-state index in [1.807, 2.05) is 20.8 Å². The van der Waals surface area contributed by atoms with E-state index >= 15 is 0 Å². The van der Waals surface area contributed by atoms with Crippen LogP contribution < -0.4 is 11.1 Å². The SMILES string of the molecule is CCNC(=O)[C@@H]1C[C@H](N)CN1C(=O)c1ccc2nc(C)c(C)nc2c1. The van der Waals surface area contributed by atoms with Crippen LogP contribution in [0.1, 0.15) is 35.1 Å². The summed E-state index contributed by atoms with van der Waals surface area (Å²) in [7, 11) is 0. The number of rotatable bonds is 3. The molecule has 2 amide bonds. The fourth-order valence-corrected chi connectivity index (χ4v) is 3.16. The van der Waals surface area contributed by atoms with E-state index in [2.05, 4.69) is 15.3 Å². The lowest BCUT2D eigenvalue weighted by atomic mass is 10.1. The Hall–Kier alpha value is -2.54. The van der Waals surface area contributed by atoms with Crippen LogP contribution in [-0.4, -0.2) is 51.9 Å². The van der Waals surface area contributed by atoms with E-state index in [1.165, 1.54) is 0 Å². The molecule has 0 spiro atoms. The molecule has 1 aromatic heterocycles. The predicted molar refractivity (Wildman–Crippen MR) is 95.1 cm³/mol. The van der Waals surface area contributed by atoms with Crippen molar-refractivity contribution in [2.45, 2.75) is 39.3 Å². The monoisotopic (exact) mass is 341 g/mol. The molecule has 25 heavy (non-hydrogen) atoms. The minimum Gasteiger partial charge on any atom is -0.355 e. The fourth-order valence-electron chi connectivity index (χ4n) is 3.16. The van der Waals surface area contributed by atoms with Gasteiger partial charge in [-0.25, -0.2) is 9.97 Å². The van der Waals surface area contributed by atoms with Gasteiger partial charge in [-0.15, -0.1) is 0 Å². The van der Waals surface area contributed by atoms with E-state index in [9.17, 15) is 9.59 Å². The zero-order valence-electron chi connectivity index (χ0n) is 14.7. The molecule has 2 heterocycles. The summed E-state index contributed by atoms with van der Waals surface area (Å²) in [5.74, 6) is -0.359. The second kappa shape index (κ2) is 6.76. The van der Waals surface area contributed by atoms with Crippen molar-refractivity contribution in [2.75, 3.05) is 13.1 Å². The molecule has 1 fully saturated rings. The van der Waals surface area contributed by atoms with Gasteiger partial charge in [-0.2, -0.15) is 0 Å². The number of likely N-dealkylation sites (N-methyl/N-ethyl adjacent to an activating group) is 1. The molecule has 0 aliphatic carbocycles. The second-order valence-corrected chi connectivity index (χ2v) is 6.46. The molecule has 1 aromatic carbocycles. The Labute approximate surface area is 146 Å². The Morgan fingerprint density at radius 1 is 1.24 bits per heavy atom. The maximum atomic E-state index is 12.9. The van der Waals surface area contributed by atoms with Gasteiger partial charge in [-0.1, -0.05) is 0 Å². The van der Waals surface area contributed by atoms with Crippen LogP contribution in [0.5, 0.6) is 0 Å². The number of hydrogen-bond donors (Lipinski definition) is 2. The predicted octanol–water partition coefficient (Wildman–Crippen LogP) is 0.925. The quantitative estimate of drug-likeness (QED) is 0.865. The van der Waals surface area contributed by atoms with Gasteiger partial charge in [-0.3, -0.25) is 9.59 Å². The molecular formula is C18H23N5O2. The highest BCUT2D eigenvalue weighted by Gasteiger charge is 2.38. The van der Waals surface area contributed by atoms with Crippen molar-refractivity contribution in [1.82, 2.24) is 20.2 Å². The Balaban J connectivity index is 1.92. The van der Waals surface area contributed by atoms with E-state index in [1.54, 1.807) is 23.1 Å². The smallest absolute Gasteiger partial charge is 0.254 e. The van der Waals surface area contributed by atoms with Gasteiger partial charge in [0.1, 0.15) is 6.04 Å². The van der Waals surface area contributed by atoms with Gasteiger partial charge in [0.15, 0.2) is 0 Å². The highest BCUT2D eigenvalue weighted by molar-refractivity contribution is 6.00. The number of likely N-dealkylation sites (tertiary alicyclic amines) is 1. The maximum absolute atomic E-state index is 12.9. The van der Waals surface area contributed by atoms with Crippen molar-refractivity contribution in [3.63, 3.8) is 0 Å². The summed E-state index contributed by atoms with van der Waals surface area (Å²) >= 11 is 0. The molecule has 3 rings (SSSR count). The lowest BCUT2D eigenvalue weighted by molar-refractivity contribution is -0.124. The Morgan fingerprint density at radius 2 is 1.92 bits per heavy atom. The molecule has 2 aromatic rings. The van der Waals surface area contributed by atoms with E-state index in [0.717, 1.165) is 16.9 Å². The minimum atomic E-state index is -0.524. The van der Waals surface area contributed by atoms with Gasteiger partial charge in [0, 0.05) is 24.7 Å². The number of carbonyl (C=O) groups is 2. The molecule has 1 aliphatic rings. The molecule has 7 nitrogen and oxygen atoms in total. The summed E-state index contributed by atoms with van der Waals surface area (Å²) in [5, 5.41) is 2.78. The topological polar surface area (TPSA) is 101 Å². The third kappa shape index (κ3) is 3.32. The molecule has 132 valence electrons. The first kappa shape index (κ1) is 17.3. The molecule has 1 saturated heterocycles. The van der Waals surface area contributed by atoms with Crippen molar-refractivity contribution in [3.8, 4) is 0 Å². The minimum absolute atomic E-state index is 0.157. The summed E-state index contributed by atoms with van der Waals surface area (Å²) in [4.78, 5) is 35.7. The third-order valence-electron chi connectivity index (χ3n) is 4.57. The molecule has 2 atom stereocenters. The highest BCUT2D eigenvalue weighted by Crippen LogP contribution is 2.22. The number of benzene rings is 1. The van der Waals surface area contributed by atoms with E-state index in [-0.39, 0.29) is 17.9 Å². The standard InChI is InChI=1S/C18H23N5O2/c1-4-20-17(24)16-8-13(19)9-23(16)18(25)12-5-6-14-15(7-12)22-11(3)10(2)21-14/h5-7,13,16H,4,8-9,19H2,1-3H3,(H,20,24)/t13-,16-/m0/s1. The lowest BCUT2D eigenvalue weighted by Gasteiger charge is -2.23. The highest BCUT2D eigenvalue weighted by atomic mass is 16.2. The summed E-state index contributed by atoms with van der Waals surface area (Å²) in [6.45, 7) is 6.55. The average molecular weight is 341 g/mol. The van der Waals surface area contributed by atoms with Crippen LogP contribution in [0.25, 0.3) is 11.0 Å². The molecule has 0 unspecified atom stereocenters. The lowest BCUT2D eigenvalue weighted by Crippen LogP contribution is -2.45. The number of nitrogens with one attached hydrogen (secondary N) is 1. The van der Waals surface area contributed by atoms with Crippen molar-refractivity contribution in [2.24, 2.45) is 5.73 Å². The van der Waals surface area contributed by atoms with Crippen LogP contribution in [0.2, 0.25) is 0 Å². The third-order valence-corrected chi connectivity index (χ3v) is 4.57. The average Bonchev–Trinajstić information content (AvgIpc) is 2.97. The van der Waals surface area contributed by atoms with Gasteiger partial charge in [0.2, 0.25) is 5.91 Å². The van der Waals surface area contributed by atoms with Crippen LogP contribution in [0.15, 0.2) is 18.2 Å². The molecular weight excluding hydrogens is 318 g/mol. The Morgan fingerprint density at radius 3 is 2.60 bits per heavy atom. The molecule has 0 bridgehead atoms. The number of amides is 2. The van der Waals surface area contributed by atoms with Crippen LogP contribution in [0.3, 0.4) is 0 Å². The van der Waals surface area contributed by atoms with Crippen LogP contribution in [0, 0.1) is 13.8 Å². The van der Waals surface area contributed by atoms with Crippen LogP contribution in [0.4, 0.5) is 0 Å². The number of fused-ring (bicyclic) bond motifs is 1. The molecule has 0 saturated carbocycles. The summed E-state index contributed by atoms with van der Waals surface area (Å²) in [6.07, 6.45) is 0.475. The molecule has 0 radical (unpaired) electrons. The van der Waals surface area contributed by atoms with Gasteiger partial charge >= 0.3 is 0 Å². The first-order valence-electron chi connectivity index (χ1n) is 8.50. The fraction of sp³-hybridized carbons (Fsp3) is 0.444. The second-order valence-electron chi connectivity index (χ2n) is 6.46. The zero-order chi connectivity index (χ0) is 18.1. The summed E-state index contributed by atoms with van der Waals surface area (Å²) in [5.41, 5.74) is 9.61. The van der Waals surface area contributed by atoms with E-state index in [4.69, 9.17) is 5.73 Å². The van der Waals surface area contributed by atoms with Crippen molar-refractivity contribution >= 4 is 22.8 Å². The molecule has 1 aliphatic heterocycles. The first-order chi connectivity index (χ1) is 11.9. The summed E-state index contributed by atoms with van der Waals surface area (Å²) in [6, 6.07) is 4.53. The number of aryl methyl sites for hydroxylation is 2. The maximum Gasteiger partial charge on any atom is 0.254 e. The number of hydrogen-bond acceptors (Lipinski definition) is 5. The summed E-state index contributed by atoms with van der Waals surface area (Å²) < 4.78 is 0. The van der Waals surface area contributed by atoms with Gasteiger partial charge in [0.25, 0.3) is 5.91 Å². The van der Waals surface area contributed by atoms with Gasteiger partial charge in [0.05, 0.1) is 22.4 Å². The van der Waals surface area contributed by atoms with E-state index < -0.39 is 6.04 Å². The van der Waals surface area contributed by atoms with Crippen LogP contribution in [-0.2, 0) is 4.79 Å². The molecule has 7 heteroatoms.